The Hall–Kier alpha value is -3.10. The Morgan fingerprint density at radius 1 is 1.20 bits per heavy atom. The van der Waals surface area contributed by atoms with Crippen molar-refractivity contribution in [3.8, 4) is 11.4 Å². The van der Waals surface area contributed by atoms with Crippen LogP contribution in [0.15, 0.2) is 24.5 Å². The van der Waals surface area contributed by atoms with Gasteiger partial charge in [-0.1, -0.05) is 0 Å². The van der Waals surface area contributed by atoms with E-state index in [1.54, 1.807) is 56.9 Å². The Bertz CT molecular complexity index is 779. The quantitative estimate of drug-likeness (QED) is 0.819. The van der Waals surface area contributed by atoms with Crippen LogP contribution in [0, 0.1) is 6.92 Å². The molecule has 0 saturated heterocycles. The molecule has 0 aliphatic rings. The second-order valence-corrected chi connectivity index (χ2v) is 6.20. The van der Waals surface area contributed by atoms with Crippen molar-refractivity contribution in [3.63, 3.8) is 0 Å². The molecular weight excluding hydrogens is 326 g/mol. The largest absolute Gasteiger partial charge is 0.494 e. The summed E-state index contributed by atoms with van der Waals surface area (Å²) in [6, 6.07) is 4.80. The highest BCUT2D eigenvalue weighted by Gasteiger charge is 2.17. The van der Waals surface area contributed by atoms with Crippen molar-refractivity contribution in [3.05, 3.63) is 35.9 Å². The van der Waals surface area contributed by atoms with E-state index in [9.17, 15) is 9.59 Å². The van der Waals surface area contributed by atoms with E-state index in [2.05, 4.69) is 20.9 Å². The molecule has 25 heavy (non-hydrogen) atoms. The van der Waals surface area contributed by atoms with Crippen LogP contribution in [0.5, 0.6) is 5.75 Å². The Morgan fingerprint density at radius 3 is 2.48 bits per heavy atom. The number of nitrogens with one attached hydrogen (secondary N) is 2. The van der Waals surface area contributed by atoms with Crippen molar-refractivity contribution in [2.45, 2.75) is 33.3 Å². The smallest absolute Gasteiger partial charge is 0.426 e. The summed E-state index contributed by atoms with van der Waals surface area (Å²) in [6.07, 6.45) is 0.805. The maximum absolute atomic E-state index is 12.2. The Balaban J connectivity index is 2.09. The molecule has 0 aliphatic carbocycles. The number of nitrogens with zero attached hydrogens (tertiary/aromatic N) is 3. The van der Waals surface area contributed by atoms with Crippen LogP contribution < -0.4 is 15.6 Å². The van der Waals surface area contributed by atoms with E-state index in [-0.39, 0.29) is 0 Å². The van der Waals surface area contributed by atoms with Crippen molar-refractivity contribution in [1.29, 1.82) is 0 Å². The number of carbonyl (C=O) groups excluding carboxylic acids is 2. The molecule has 0 saturated carbocycles. The lowest BCUT2D eigenvalue weighted by atomic mass is 10.2. The number of benzene rings is 1. The molecule has 1 aromatic carbocycles. The first-order valence-electron chi connectivity index (χ1n) is 7.55. The van der Waals surface area contributed by atoms with E-state index in [4.69, 9.17) is 9.47 Å². The first kappa shape index (κ1) is 18.2. The third kappa shape index (κ3) is 4.93. The Kier molecular flexibility index (Phi) is 5.26. The van der Waals surface area contributed by atoms with Crippen LogP contribution in [0.2, 0.25) is 0 Å². The Labute approximate surface area is 145 Å². The molecular formula is C16H21N5O4. The number of carbonyl (C=O) groups is 2. The maximum atomic E-state index is 12.2. The number of ether oxygens (including phenoxy) is 2. The second kappa shape index (κ2) is 7.20. The van der Waals surface area contributed by atoms with Crippen molar-refractivity contribution in [2.75, 3.05) is 7.11 Å². The summed E-state index contributed by atoms with van der Waals surface area (Å²) in [4.78, 5) is 27.8. The highest BCUT2D eigenvalue weighted by Crippen LogP contribution is 2.23. The summed E-state index contributed by atoms with van der Waals surface area (Å²) < 4.78 is 11.9. The normalized spacial score (nSPS) is 10.9. The predicted molar refractivity (Wildman–Crippen MR) is 89.5 cm³/mol. The van der Waals surface area contributed by atoms with Crippen LogP contribution in [0.3, 0.4) is 0 Å². The van der Waals surface area contributed by atoms with Gasteiger partial charge in [-0.25, -0.2) is 19.9 Å². The minimum atomic E-state index is -0.748. The summed E-state index contributed by atoms with van der Waals surface area (Å²) in [6.45, 7) is 6.95. The molecule has 2 amide bonds. The zero-order valence-corrected chi connectivity index (χ0v) is 14.8. The van der Waals surface area contributed by atoms with Crippen LogP contribution in [0.4, 0.5) is 4.79 Å². The van der Waals surface area contributed by atoms with Gasteiger partial charge in [-0.2, -0.15) is 5.10 Å². The van der Waals surface area contributed by atoms with Gasteiger partial charge in [0.2, 0.25) is 0 Å². The monoisotopic (exact) mass is 347 g/mol. The zero-order chi connectivity index (χ0) is 18.6. The van der Waals surface area contributed by atoms with Gasteiger partial charge in [0.15, 0.2) is 0 Å². The van der Waals surface area contributed by atoms with Gasteiger partial charge in [0, 0.05) is 5.56 Å². The molecule has 1 heterocycles. The lowest BCUT2D eigenvalue weighted by Gasteiger charge is -2.19. The van der Waals surface area contributed by atoms with Gasteiger partial charge < -0.3 is 9.47 Å². The molecule has 0 spiro atoms. The minimum absolute atomic E-state index is 0.300. The van der Waals surface area contributed by atoms with Gasteiger partial charge in [-0.05, 0) is 45.9 Å². The van der Waals surface area contributed by atoms with Crippen molar-refractivity contribution in [1.82, 2.24) is 25.6 Å². The number of aromatic nitrogens is 3. The summed E-state index contributed by atoms with van der Waals surface area (Å²) in [5.41, 5.74) is 4.76. The lowest BCUT2D eigenvalue weighted by Crippen LogP contribution is -2.44. The zero-order valence-electron chi connectivity index (χ0n) is 14.8. The SMILES string of the molecule is COc1cc(C(=O)NNC(=O)OC(C)(C)C)ccc1-n1cnc(C)n1. The maximum Gasteiger partial charge on any atom is 0.426 e. The molecule has 0 bridgehead atoms. The summed E-state index contributed by atoms with van der Waals surface area (Å²) in [7, 11) is 1.49. The van der Waals surface area contributed by atoms with Gasteiger partial charge in [-0.15, -0.1) is 0 Å². The molecule has 2 rings (SSSR count). The highest BCUT2D eigenvalue weighted by molar-refractivity contribution is 5.95. The molecule has 0 aliphatic heterocycles. The molecule has 9 heteroatoms. The van der Waals surface area contributed by atoms with Crippen LogP contribution in [-0.2, 0) is 4.74 Å². The van der Waals surface area contributed by atoms with Crippen LogP contribution >= 0.6 is 0 Å². The number of aryl methyl sites for hydroxylation is 1. The van der Waals surface area contributed by atoms with Crippen molar-refractivity contribution >= 4 is 12.0 Å². The van der Waals surface area contributed by atoms with E-state index in [0.29, 0.717) is 22.8 Å². The molecule has 0 unspecified atom stereocenters. The highest BCUT2D eigenvalue weighted by atomic mass is 16.6. The van der Waals surface area contributed by atoms with Gasteiger partial charge in [0.25, 0.3) is 5.91 Å². The number of hydrazine groups is 1. The third-order valence-corrected chi connectivity index (χ3v) is 2.97. The molecule has 0 radical (unpaired) electrons. The van der Waals surface area contributed by atoms with Crippen molar-refractivity contribution in [2.24, 2.45) is 0 Å². The van der Waals surface area contributed by atoms with E-state index < -0.39 is 17.6 Å². The summed E-state index contributed by atoms with van der Waals surface area (Å²) in [5.74, 6) is 0.547. The van der Waals surface area contributed by atoms with Crippen LogP contribution in [-0.4, -0.2) is 39.5 Å². The summed E-state index contributed by atoms with van der Waals surface area (Å²) in [5, 5.41) is 4.21. The van der Waals surface area contributed by atoms with Crippen LogP contribution in [0.25, 0.3) is 5.69 Å². The first-order valence-corrected chi connectivity index (χ1v) is 7.55. The molecule has 2 N–H and O–H groups in total. The van der Waals surface area contributed by atoms with Gasteiger partial charge in [0.1, 0.15) is 29.2 Å². The van der Waals surface area contributed by atoms with Gasteiger partial charge in [-0.3, -0.25) is 10.2 Å². The van der Waals surface area contributed by atoms with E-state index in [1.165, 1.54) is 7.11 Å². The standard InChI is InChI=1S/C16H21N5O4/c1-10-17-9-21(20-10)12-7-6-11(8-13(12)24-5)14(22)18-19-15(23)25-16(2,3)4/h6-9H,1-5H3,(H,18,22)(H,19,23). The molecule has 1 aromatic heterocycles. The van der Waals surface area contributed by atoms with E-state index in [0.717, 1.165) is 0 Å². The number of rotatable bonds is 3. The third-order valence-electron chi connectivity index (χ3n) is 2.97. The Morgan fingerprint density at radius 2 is 1.92 bits per heavy atom. The number of hydrogen-bond acceptors (Lipinski definition) is 6. The molecule has 134 valence electrons. The topological polar surface area (TPSA) is 107 Å². The average Bonchev–Trinajstić information content (AvgIpc) is 2.96. The fourth-order valence-electron chi connectivity index (χ4n) is 1.95. The average molecular weight is 347 g/mol. The van der Waals surface area contributed by atoms with Crippen molar-refractivity contribution < 1.29 is 19.1 Å². The molecule has 9 nitrogen and oxygen atoms in total. The fraction of sp³-hybridized carbons (Fsp3) is 0.375. The fourth-order valence-corrected chi connectivity index (χ4v) is 1.95. The number of hydrogen-bond donors (Lipinski definition) is 2. The predicted octanol–water partition coefficient (Wildman–Crippen LogP) is 1.75. The minimum Gasteiger partial charge on any atom is -0.494 e. The first-order chi connectivity index (χ1) is 11.7. The second-order valence-electron chi connectivity index (χ2n) is 6.20. The lowest BCUT2D eigenvalue weighted by molar-refractivity contribution is 0.0483. The molecule has 2 aromatic rings. The van der Waals surface area contributed by atoms with E-state index in [1.807, 2.05) is 0 Å². The van der Waals surface area contributed by atoms with Crippen LogP contribution in [0.1, 0.15) is 37.0 Å². The van der Waals surface area contributed by atoms with Gasteiger partial charge >= 0.3 is 6.09 Å². The number of methoxy groups -OCH3 is 1. The molecule has 0 fully saturated rings. The number of amides is 2. The summed E-state index contributed by atoms with van der Waals surface area (Å²) >= 11 is 0. The molecule has 0 atom stereocenters. The van der Waals surface area contributed by atoms with Gasteiger partial charge in [0.05, 0.1) is 7.11 Å². The van der Waals surface area contributed by atoms with E-state index >= 15 is 0 Å².